The van der Waals surface area contributed by atoms with E-state index in [4.69, 9.17) is 47.4 Å². The lowest BCUT2D eigenvalue weighted by atomic mass is 10.1. The van der Waals surface area contributed by atoms with Gasteiger partial charge >= 0.3 is 23.9 Å². The first-order valence-electron chi connectivity index (χ1n) is 38.4. The van der Waals surface area contributed by atoms with Gasteiger partial charge in [0.15, 0.2) is 0 Å². The summed E-state index contributed by atoms with van der Waals surface area (Å²) in [6, 6.07) is 0. The fourth-order valence-corrected chi connectivity index (χ4v) is 12.9. The molecule has 2 atom stereocenters. The number of carbonyl (C=O) groups is 6. The number of carbonyl (C=O) groups excluding carboxylic acids is 6. The minimum atomic E-state index is -0.412. The highest BCUT2D eigenvalue weighted by Crippen LogP contribution is 2.13. The number of thioether (sulfide) groups is 6. The highest BCUT2D eigenvalue weighted by molar-refractivity contribution is 8.00. The van der Waals surface area contributed by atoms with Gasteiger partial charge in [0, 0.05) is 137 Å². The van der Waals surface area contributed by atoms with Gasteiger partial charge in [0.05, 0.1) is 105 Å². The van der Waals surface area contributed by atoms with Crippen LogP contribution in [0.4, 0.5) is 0 Å². The number of nitrogens with one attached hydrogen (secondary N) is 4. The summed E-state index contributed by atoms with van der Waals surface area (Å²) in [6.07, 6.45) is 10.3. The molecular weight excluding hydrogens is 1440 g/mol. The summed E-state index contributed by atoms with van der Waals surface area (Å²) in [6.45, 7) is 38.6. The maximum Gasteiger partial charge on any atom is 0.305 e. The molecule has 0 saturated heterocycles. The fraction of sp³-hybridized carbons (Fsp3) is 0.920. The standard InChI is InChI=1S/C32H62N4O6S2.C23H44O6S2.C20H42O6S2/c1-27(2)11-21-41-31(39)9-5-7-23-43-25-13-29(37)35-19-17-33-15-16-34-18-20-36-30(38)14-26-44-24-8-6-10-32(40)42-22-12-28(3)4;1-20(2)18-28-22(24)8-5-6-14-30-16-12-26-10-11-27-13-17-31-15-7-9-23(25)29-19-21(3)4;1-17(2)11-25-13-19(21)15-27-9-7-23-5-6-24-8-10-28-16-20(22)14-26-12-18(3)4/h27-28,33-34H,5-26H2,1-4H3,(H,35,37)(H,36,38);20-21H,5-19H2,1-4H3;17-22H,5-16H2,1-4H3. The molecule has 0 rings (SSSR count). The van der Waals surface area contributed by atoms with Gasteiger partial charge in [-0.15, -0.1) is 0 Å². The Balaban J connectivity index is -0.00000151. The summed E-state index contributed by atoms with van der Waals surface area (Å²) in [5.74, 6) is 13.0. The molecule has 22 nitrogen and oxygen atoms in total. The lowest BCUT2D eigenvalue weighted by molar-refractivity contribution is -0.145. The van der Waals surface area contributed by atoms with Crippen LogP contribution in [-0.2, 0) is 76.1 Å². The molecule has 0 aliphatic heterocycles. The lowest BCUT2D eigenvalue weighted by Gasteiger charge is -2.12. The molecule has 0 fully saturated rings. The van der Waals surface area contributed by atoms with E-state index in [-0.39, 0.29) is 35.7 Å². The van der Waals surface area contributed by atoms with Gasteiger partial charge in [-0.25, -0.2) is 0 Å². The van der Waals surface area contributed by atoms with E-state index in [1.165, 1.54) is 0 Å². The van der Waals surface area contributed by atoms with Gasteiger partial charge in [0.25, 0.3) is 0 Å². The second-order valence-electron chi connectivity index (χ2n) is 27.4. The SMILES string of the molecule is CC(C)CCOC(=O)CCCCSCCC(=O)NCCNCCNCCNC(=O)CCSCCCCC(=O)OCCC(C)C.CC(C)COC(=O)CCCCSCCOCCOCCSCCCC(=O)OCC(C)C.CC(C)COCC(O)CSCCOCCOCCSCC(O)COCC(C)C. The van der Waals surface area contributed by atoms with E-state index in [0.29, 0.717) is 211 Å². The summed E-state index contributed by atoms with van der Waals surface area (Å²) >= 11 is 10.5. The van der Waals surface area contributed by atoms with Crippen molar-refractivity contribution in [2.45, 2.75) is 192 Å². The minimum Gasteiger partial charge on any atom is -0.466 e. The zero-order valence-corrected chi connectivity index (χ0v) is 71.0. The predicted molar refractivity (Wildman–Crippen MR) is 435 cm³/mol. The monoisotopic (exact) mass is 1580 g/mol. The minimum absolute atomic E-state index is 0.0646. The molecule has 0 heterocycles. The molecule has 6 N–H and O–H groups in total. The molecule has 0 aromatic carbocycles. The van der Waals surface area contributed by atoms with E-state index < -0.39 is 12.2 Å². The number of unbranched alkanes of at least 4 members (excludes halogenated alkanes) is 3. The number of rotatable bonds is 74. The number of hydrogen-bond acceptors (Lipinski definition) is 26. The van der Waals surface area contributed by atoms with Crippen molar-refractivity contribution in [3.63, 3.8) is 0 Å². The highest BCUT2D eigenvalue weighted by atomic mass is 32.2. The number of ether oxygens (including phenoxy) is 10. The highest BCUT2D eigenvalue weighted by Gasteiger charge is 2.11. The van der Waals surface area contributed by atoms with Crippen molar-refractivity contribution in [2.75, 3.05) is 214 Å². The van der Waals surface area contributed by atoms with Crippen molar-refractivity contribution in [2.24, 2.45) is 35.5 Å². The zero-order valence-electron chi connectivity index (χ0n) is 66.1. The first-order chi connectivity index (χ1) is 49.5. The Bertz CT molecular complexity index is 1770. The van der Waals surface area contributed by atoms with Crippen molar-refractivity contribution in [1.29, 1.82) is 0 Å². The van der Waals surface area contributed by atoms with E-state index in [1.54, 1.807) is 58.8 Å². The van der Waals surface area contributed by atoms with Crippen molar-refractivity contribution in [3.05, 3.63) is 0 Å². The van der Waals surface area contributed by atoms with E-state index in [0.717, 1.165) is 135 Å². The molecule has 0 aliphatic rings. The van der Waals surface area contributed by atoms with Gasteiger partial charge in [-0.1, -0.05) is 83.1 Å². The van der Waals surface area contributed by atoms with Crippen LogP contribution in [0.15, 0.2) is 0 Å². The summed E-state index contributed by atoms with van der Waals surface area (Å²) in [7, 11) is 0. The normalized spacial score (nSPS) is 12.0. The van der Waals surface area contributed by atoms with Crippen molar-refractivity contribution < 1.29 is 86.3 Å². The quantitative estimate of drug-likeness (QED) is 0.0187. The van der Waals surface area contributed by atoms with Gasteiger partial charge in [-0.2, -0.15) is 70.6 Å². The Morgan fingerprint density at radius 1 is 0.282 bits per heavy atom. The van der Waals surface area contributed by atoms with Crippen LogP contribution < -0.4 is 21.3 Å². The van der Waals surface area contributed by atoms with Crippen LogP contribution in [0.3, 0.4) is 0 Å². The van der Waals surface area contributed by atoms with Crippen LogP contribution in [0.1, 0.15) is 179 Å². The first kappa shape index (κ1) is 106. The Kier molecular flexibility index (Phi) is 85.2. The van der Waals surface area contributed by atoms with E-state index in [1.807, 2.05) is 39.5 Å². The van der Waals surface area contributed by atoms with Crippen LogP contribution in [0.5, 0.6) is 0 Å². The van der Waals surface area contributed by atoms with Crippen LogP contribution in [-0.4, -0.2) is 272 Å². The predicted octanol–water partition coefficient (Wildman–Crippen LogP) is 11.6. The van der Waals surface area contributed by atoms with Crippen LogP contribution in [0.2, 0.25) is 0 Å². The van der Waals surface area contributed by atoms with Gasteiger partial charge in [-0.05, 0) is 116 Å². The molecule has 2 amide bonds. The topological polar surface area (TPSA) is 283 Å². The van der Waals surface area contributed by atoms with Crippen LogP contribution >= 0.6 is 70.6 Å². The molecule has 2 unspecified atom stereocenters. The molecule has 0 saturated carbocycles. The smallest absolute Gasteiger partial charge is 0.305 e. The van der Waals surface area contributed by atoms with Gasteiger partial charge < -0.3 is 78.8 Å². The third kappa shape index (κ3) is 96.6. The zero-order chi connectivity index (χ0) is 76.9. The lowest BCUT2D eigenvalue weighted by Crippen LogP contribution is -2.37. The van der Waals surface area contributed by atoms with Gasteiger partial charge in [0.2, 0.25) is 11.8 Å². The largest absolute Gasteiger partial charge is 0.466 e. The maximum atomic E-state index is 11.9. The number of esters is 4. The number of aliphatic hydroxyl groups is 2. The average Bonchev–Trinajstić information content (AvgIpc) is 3.76. The maximum absolute atomic E-state index is 11.9. The van der Waals surface area contributed by atoms with Crippen molar-refractivity contribution >= 4 is 106 Å². The Morgan fingerprint density at radius 3 is 0.922 bits per heavy atom. The first-order valence-corrected chi connectivity index (χ1v) is 45.3. The summed E-state index contributed by atoms with van der Waals surface area (Å²) in [5.41, 5.74) is 0. The molecule has 0 radical (unpaired) electrons. The molecule has 0 spiro atoms. The van der Waals surface area contributed by atoms with Gasteiger partial charge in [-0.3, -0.25) is 28.8 Å². The average molecular weight is 1590 g/mol. The molecule has 0 bridgehead atoms. The summed E-state index contributed by atoms with van der Waals surface area (Å²) in [4.78, 5) is 70.1. The molecule has 0 aromatic heterocycles. The molecule has 103 heavy (non-hydrogen) atoms. The van der Waals surface area contributed by atoms with Crippen LogP contribution in [0.25, 0.3) is 0 Å². The Hall–Kier alpha value is -1.48. The third-order valence-electron chi connectivity index (χ3n) is 13.5. The number of aliphatic hydroxyl groups excluding tert-OH is 2. The van der Waals surface area contributed by atoms with E-state index in [2.05, 4.69) is 76.7 Å². The summed E-state index contributed by atoms with van der Waals surface area (Å²) < 4.78 is 53.7. The number of amides is 2. The van der Waals surface area contributed by atoms with E-state index in [9.17, 15) is 39.0 Å². The Labute approximate surface area is 650 Å². The second-order valence-corrected chi connectivity index (χ2v) is 34.6. The summed E-state index contributed by atoms with van der Waals surface area (Å²) in [5, 5.41) is 32.0. The molecule has 612 valence electrons. The van der Waals surface area contributed by atoms with Crippen molar-refractivity contribution in [3.8, 4) is 0 Å². The fourth-order valence-electron chi connectivity index (χ4n) is 7.82. The molecule has 28 heteroatoms. The van der Waals surface area contributed by atoms with Crippen molar-refractivity contribution in [1.82, 2.24) is 21.3 Å². The van der Waals surface area contributed by atoms with Gasteiger partial charge in [0.1, 0.15) is 0 Å². The molecule has 0 aromatic rings. The van der Waals surface area contributed by atoms with Crippen LogP contribution in [0, 0.1) is 35.5 Å². The second kappa shape index (κ2) is 83.0. The number of hydrogen-bond donors (Lipinski definition) is 6. The third-order valence-corrected chi connectivity index (χ3v) is 19.9. The van der Waals surface area contributed by atoms with E-state index >= 15 is 0 Å². The molecular formula is C75H148N4O18S6. The molecule has 0 aliphatic carbocycles. The Morgan fingerprint density at radius 2 is 0.583 bits per heavy atom.